The van der Waals surface area contributed by atoms with Crippen LogP contribution in [-0.4, -0.2) is 41.9 Å². The maximum Gasteiger partial charge on any atom is 0.185 e. The number of nitrogens with zero attached hydrogens (tertiary/aromatic N) is 2. The third-order valence-electron chi connectivity index (χ3n) is 6.11. The van der Waals surface area contributed by atoms with Crippen LogP contribution in [0.15, 0.2) is 47.9 Å². The Kier molecular flexibility index (Phi) is 6.35. The molecule has 0 N–H and O–H groups in total. The number of aryl methyl sites for hydroxylation is 2. The van der Waals surface area contributed by atoms with Gasteiger partial charge in [-0.3, -0.25) is 0 Å². The van der Waals surface area contributed by atoms with Crippen molar-refractivity contribution < 1.29 is 8.42 Å². The second-order valence-corrected chi connectivity index (χ2v) is 12.9. The molecule has 0 bridgehead atoms. The number of hydrogen-bond acceptors (Lipinski definition) is 5. The van der Waals surface area contributed by atoms with Crippen LogP contribution in [0.2, 0.25) is 0 Å². The summed E-state index contributed by atoms with van der Waals surface area (Å²) in [5.41, 5.74) is 4.88. The summed E-state index contributed by atoms with van der Waals surface area (Å²) in [5, 5.41) is 2.07. The molecule has 1 aliphatic heterocycles. The predicted molar refractivity (Wildman–Crippen MR) is 131 cm³/mol. The van der Waals surface area contributed by atoms with Gasteiger partial charge < -0.3 is 4.90 Å². The van der Waals surface area contributed by atoms with Crippen molar-refractivity contribution in [1.29, 1.82) is 0 Å². The van der Waals surface area contributed by atoms with Gasteiger partial charge in [-0.15, -0.1) is 22.9 Å². The van der Waals surface area contributed by atoms with E-state index < -0.39 is 20.0 Å². The first-order valence-electron chi connectivity index (χ1n) is 10.7. The summed E-state index contributed by atoms with van der Waals surface area (Å²) < 4.78 is 26.5. The topological polar surface area (TPSA) is 50.3 Å². The highest BCUT2D eigenvalue weighted by molar-refractivity contribution is 7.93. The van der Waals surface area contributed by atoms with E-state index in [0.29, 0.717) is 25.9 Å². The fourth-order valence-corrected chi connectivity index (χ4v) is 8.32. The summed E-state index contributed by atoms with van der Waals surface area (Å²) in [6, 6.07) is 6.60. The highest BCUT2D eigenvalue weighted by atomic mass is 35.5. The third kappa shape index (κ3) is 4.91. The maximum absolute atomic E-state index is 13.3. The number of piperidine rings is 1. The minimum atomic E-state index is -3.36. The molecule has 1 aromatic heterocycles. The first-order chi connectivity index (χ1) is 14.6. The summed E-state index contributed by atoms with van der Waals surface area (Å²) >= 11 is 8.16. The Bertz CT molecular complexity index is 1090. The van der Waals surface area contributed by atoms with Crippen LogP contribution in [0.25, 0.3) is 0 Å². The molecule has 1 saturated heterocycles. The molecule has 2 atom stereocenters. The Labute approximate surface area is 194 Å². The molecule has 1 aliphatic carbocycles. The zero-order chi connectivity index (χ0) is 22.2. The normalized spacial score (nSPS) is 24.6. The quantitative estimate of drug-likeness (QED) is 0.554. The third-order valence-corrected chi connectivity index (χ3v) is 10.3. The minimum absolute atomic E-state index is 0.363. The number of rotatable bonds is 5. The van der Waals surface area contributed by atoms with E-state index in [2.05, 4.69) is 42.3 Å². The average Bonchev–Trinajstić information content (AvgIpc) is 3.15. The number of halogens is 1. The SMILES string of the molecule is Cc1cc(C)cc(Cc2csc(N3CCC(S(=O)(=O)C4C=CC=CC4(C)Cl)CC3)n2)c1. The first-order valence-corrected chi connectivity index (χ1v) is 13.6. The minimum Gasteiger partial charge on any atom is -0.348 e. The molecule has 0 spiro atoms. The molecule has 2 heterocycles. The molecular formula is C24H29ClN2O2S2. The molecule has 1 fully saturated rings. The summed E-state index contributed by atoms with van der Waals surface area (Å²) in [7, 11) is -3.36. The molecule has 2 unspecified atom stereocenters. The lowest BCUT2D eigenvalue weighted by molar-refractivity contribution is 0.518. The van der Waals surface area contributed by atoms with Gasteiger partial charge in [0, 0.05) is 24.9 Å². The van der Waals surface area contributed by atoms with E-state index in [9.17, 15) is 8.42 Å². The van der Waals surface area contributed by atoms with Crippen LogP contribution < -0.4 is 4.90 Å². The highest BCUT2D eigenvalue weighted by Crippen LogP contribution is 2.36. The largest absolute Gasteiger partial charge is 0.348 e. The van der Waals surface area contributed by atoms with Crippen LogP contribution >= 0.6 is 22.9 Å². The monoisotopic (exact) mass is 476 g/mol. The zero-order valence-corrected chi connectivity index (χ0v) is 20.6. The summed E-state index contributed by atoms with van der Waals surface area (Å²) in [5.74, 6) is 0. The van der Waals surface area contributed by atoms with Gasteiger partial charge in [0.2, 0.25) is 0 Å². The molecule has 0 saturated carbocycles. The van der Waals surface area contributed by atoms with E-state index in [-0.39, 0.29) is 5.25 Å². The van der Waals surface area contributed by atoms with Gasteiger partial charge in [-0.25, -0.2) is 13.4 Å². The van der Waals surface area contributed by atoms with Crippen molar-refractivity contribution in [3.05, 3.63) is 70.3 Å². The van der Waals surface area contributed by atoms with Gasteiger partial charge in [0.1, 0.15) is 5.25 Å². The molecule has 7 heteroatoms. The maximum atomic E-state index is 13.3. The van der Waals surface area contributed by atoms with Crippen LogP contribution in [0.1, 0.15) is 42.1 Å². The van der Waals surface area contributed by atoms with Crippen molar-refractivity contribution in [1.82, 2.24) is 4.98 Å². The average molecular weight is 477 g/mol. The number of allylic oxidation sites excluding steroid dienone is 3. The zero-order valence-electron chi connectivity index (χ0n) is 18.2. The van der Waals surface area contributed by atoms with Gasteiger partial charge in [0.15, 0.2) is 15.0 Å². The van der Waals surface area contributed by atoms with Gasteiger partial charge in [-0.2, -0.15) is 0 Å². The number of alkyl halides is 1. The van der Waals surface area contributed by atoms with Crippen LogP contribution in [0.4, 0.5) is 5.13 Å². The Morgan fingerprint density at radius 2 is 1.84 bits per heavy atom. The van der Waals surface area contributed by atoms with Gasteiger partial charge in [0.05, 0.1) is 15.8 Å². The molecular weight excluding hydrogens is 448 g/mol. The molecule has 2 aromatic rings. The fraction of sp³-hybridized carbons (Fsp3) is 0.458. The predicted octanol–water partition coefficient (Wildman–Crippen LogP) is 5.23. The van der Waals surface area contributed by atoms with Crippen molar-refractivity contribution in [2.45, 2.75) is 55.4 Å². The van der Waals surface area contributed by atoms with E-state index in [1.165, 1.54) is 16.7 Å². The second-order valence-electron chi connectivity index (χ2n) is 8.89. The van der Waals surface area contributed by atoms with Crippen molar-refractivity contribution >= 4 is 37.9 Å². The number of aromatic nitrogens is 1. The molecule has 0 radical (unpaired) electrons. The van der Waals surface area contributed by atoms with E-state index in [4.69, 9.17) is 16.6 Å². The molecule has 166 valence electrons. The van der Waals surface area contributed by atoms with E-state index in [0.717, 1.165) is 17.2 Å². The smallest absolute Gasteiger partial charge is 0.185 e. The Hall–Kier alpha value is -1.63. The lowest BCUT2D eigenvalue weighted by atomic mass is 10.0. The van der Waals surface area contributed by atoms with Crippen molar-refractivity contribution in [2.24, 2.45) is 0 Å². The second kappa shape index (κ2) is 8.72. The van der Waals surface area contributed by atoms with Crippen molar-refractivity contribution in [3.8, 4) is 0 Å². The van der Waals surface area contributed by atoms with Crippen molar-refractivity contribution in [2.75, 3.05) is 18.0 Å². The molecule has 4 nitrogen and oxygen atoms in total. The van der Waals surface area contributed by atoms with Crippen LogP contribution in [-0.2, 0) is 16.3 Å². The number of anilines is 1. The van der Waals surface area contributed by atoms with Gasteiger partial charge in [-0.1, -0.05) is 53.6 Å². The van der Waals surface area contributed by atoms with Crippen LogP contribution in [0.3, 0.4) is 0 Å². The van der Waals surface area contributed by atoms with E-state index >= 15 is 0 Å². The van der Waals surface area contributed by atoms with Gasteiger partial charge in [0.25, 0.3) is 0 Å². The van der Waals surface area contributed by atoms with Gasteiger partial charge >= 0.3 is 0 Å². The number of thiazole rings is 1. The fourth-order valence-electron chi connectivity index (χ4n) is 4.61. The lowest BCUT2D eigenvalue weighted by Gasteiger charge is -2.36. The number of hydrogen-bond donors (Lipinski definition) is 0. The molecule has 31 heavy (non-hydrogen) atoms. The van der Waals surface area contributed by atoms with Crippen LogP contribution in [0, 0.1) is 13.8 Å². The standard InChI is InChI=1S/C24H29ClN2O2S2/c1-17-12-18(2)14-19(13-17)15-20-16-30-23(26-20)27-10-7-21(8-11-27)31(28,29)22-6-4-5-9-24(22,3)25/h4-6,9,12-14,16,21-22H,7-8,10-11,15H2,1-3H3. The van der Waals surface area contributed by atoms with Crippen LogP contribution in [0.5, 0.6) is 0 Å². The van der Waals surface area contributed by atoms with E-state index in [1.807, 2.05) is 6.08 Å². The highest BCUT2D eigenvalue weighted by Gasteiger charge is 2.44. The molecule has 2 aliphatic rings. The molecule has 4 rings (SSSR count). The Morgan fingerprint density at radius 1 is 1.16 bits per heavy atom. The Morgan fingerprint density at radius 3 is 2.48 bits per heavy atom. The number of benzene rings is 1. The summed E-state index contributed by atoms with van der Waals surface area (Å²) in [6.07, 6.45) is 9.14. The van der Waals surface area contributed by atoms with Crippen molar-refractivity contribution in [3.63, 3.8) is 0 Å². The van der Waals surface area contributed by atoms with Gasteiger partial charge in [-0.05, 0) is 39.2 Å². The Balaban J connectivity index is 1.40. The lowest BCUT2D eigenvalue weighted by Crippen LogP contribution is -2.47. The molecule has 0 amide bonds. The first kappa shape index (κ1) is 22.6. The summed E-state index contributed by atoms with van der Waals surface area (Å²) in [4.78, 5) is 6.18. The molecule has 1 aromatic carbocycles. The van der Waals surface area contributed by atoms with E-state index in [1.54, 1.807) is 36.5 Å². The number of sulfone groups is 1. The summed E-state index contributed by atoms with van der Waals surface area (Å²) in [6.45, 7) is 7.41.